The lowest BCUT2D eigenvalue weighted by molar-refractivity contribution is -0.170. The highest BCUT2D eigenvalue weighted by atomic mass is 16.7. The van der Waals surface area contributed by atoms with Gasteiger partial charge in [0.15, 0.2) is 0 Å². The SMILES string of the molecule is CON(C)C(=O)CN1CCN(Cc2cccc(C#N)c2)CC1. The van der Waals surface area contributed by atoms with Gasteiger partial charge < -0.3 is 0 Å². The number of carbonyl (C=O) groups is 1. The fourth-order valence-corrected chi connectivity index (χ4v) is 2.50. The minimum atomic E-state index is -0.0299. The summed E-state index contributed by atoms with van der Waals surface area (Å²) in [4.78, 5) is 21.2. The number of nitriles is 1. The van der Waals surface area contributed by atoms with Crippen molar-refractivity contribution in [3.8, 4) is 6.07 Å². The molecule has 6 heteroatoms. The summed E-state index contributed by atoms with van der Waals surface area (Å²) in [6.45, 7) is 4.79. The van der Waals surface area contributed by atoms with E-state index in [9.17, 15) is 4.79 Å². The Labute approximate surface area is 131 Å². The maximum Gasteiger partial charge on any atom is 0.259 e. The van der Waals surface area contributed by atoms with E-state index in [-0.39, 0.29) is 5.91 Å². The second-order valence-corrected chi connectivity index (χ2v) is 5.44. The van der Waals surface area contributed by atoms with Gasteiger partial charge >= 0.3 is 0 Å². The first-order valence-corrected chi connectivity index (χ1v) is 7.37. The first-order chi connectivity index (χ1) is 10.6. The number of piperazine rings is 1. The van der Waals surface area contributed by atoms with E-state index in [2.05, 4.69) is 15.9 Å². The van der Waals surface area contributed by atoms with Gasteiger partial charge in [-0.1, -0.05) is 12.1 Å². The molecule has 1 heterocycles. The van der Waals surface area contributed by atoms with E-state index in [4.69, 9.17) is 10.1 Å². The Kier molecular flexibility index (Phi) is 5.90. The molecular weight excluding hydrogens is 280 g/mol. The maximum absolute atomic E-state index is 11.8. The van der Waals surface area contributed by atoms with Crippen LogP contribution < -0.4 is 0 Å². The van der Waals surface area contributed by atoms with Crippen molar-refractivity contribution in [2.75, 3.05) is 46.9 Å². The zero-order valence-corrected chi connectivity index (χ0v) is 13.2. The summed E-state index contributed by atoms with van der Waals surface area (Å²) in [5.74, 6) is -0.0299. The topological polar surface area (TPSA) is 59.8 Å². The van der Waals surface area contributed by atoms with Gasteiger partial charge in [0.25, 0.3) is 5.91 Å². The first-order valence-electron chi connectivity index (χ1n) is 7.37. The molecule has 0 saturated carbocycles. The van der Waals surface area contributed by atoms with Gasteiger partial charge in [0.05, 0.1) is 25.3 Å². The number of benzene rings is 1. The van der Waals surface area contributed by atoms with Gasteiger partial charge in [-0.2, -0.15) is 5.26 Å². The Balaban J connectivity index is 1.80. The molecule has 1 aliphatic heterocycles. The summed E-state index contributed by atoms with van der Waals surface area (Å²) in [6.07, 6.45) is 0. The first kappa shape index (κ1) is 16.4. The minimum absolute atomic E-state index is 0.0299. The average molecular weight is 302 g/mol. The zero-order valence-electron chi connectivity index (χ0n) is 13.2. The fraction of sp³-hybridized carbons (Fsp3) is 0.500. The highest BCUT2D eigenvalue weighted by Crippen LogP contribution is 2.10. The minimum Gasteiger partial charge on any atom is -0.297 e. The number of hydrogen-bond donors (Lipinski definition) is 0. The Morgan fingerprint density at radius 1 is 1.32 bits per heavy atom. The average Bonchev–Trinajstić information content (AvgIpc) is 2.56. The number of hydrogen-bond acceptors (Lipinski definition) is 5. The molecule has 1 amide bonds. The maximum atomic E-state index is 11.8. The van der Waals surface area contributed by atoms with E-state index in [0.29, 0.717) is 12.1 Å². The predicted octanol–water partition coefficient (Wildman–Crippen LogP) is 0.696. The third-order valence-corrected chi connectivity index (χ3v) is 3.91. The number of amides is 1. The Bertz CT molecular complexity index is 547. The van der Waals surface area contributed by atoms with Crippen LogP contribution in [0.15, 0.2) is 24.3 Å². The highest BCUT2D eigenvalue weighted by molar-refractivity contribution is 5.76. The van der Waals surface area contributed by atoms with Crippen molar-refractivity contribution in [3.63, 3.8) is 0 Å². The van der Waals surface area contributed by atoms with Crippen molar-refractivity contribution < 1.29 is 9.63 Å². The van der Waals surface area contributed by atoms with E-state index < -0.39 is 0 Å². The van der Waals surface area contributed by atoms with Gasteiger partial charge in [-0.05, 0) is 17.7 Å². The third kappa shape index (κ3) is 4.53. The Hall–Kier alpha value is -1.94. The number of nitrogens with zero attached hydrogens (tertiary/aromatic N) is 4. The molecule has 22 heavy (non-hydrogen) atoms. The van der Waals surface area contributed by atoms with Crippen molar-refractivity contribution >= 4 is 5.91 Å². The largest absolute Gasteiger partial charge is 0.297 e. The molecule has 0 bridgehead atoms. The van der Waals surface area contributed by atoms with Crippen molar-refractivity contribution in [2.24, 2.45) is 0 Å². The summed E-state index contributed by atoms with van der Waals surface area (Å²) in [6, 6.07) is 9.89. The molecule has 0 N–H and O–H groups in total. The van der Waals surface area contributed by atoms with Crippen LogP contribution in [-0.4, -0.2) is 67.7 Å². The number of rotatable bonds is 5. The normalized spacial score (nSPS) is 16.2. The lowest BCUT2D eigenvalue weighted by atomic mass is 10.1. The number of hydroxylamine groups is 2. The van der Waals surface area contributed by atoms with Crippen LogP contribution in [0.5, 0.6) is 0 Å². The Morgan fingerprint density at radius 2 is 2.00 bits per heavy atom. The molecular formula is C16H22N4O2. The number of carbonyl (C=O) groups excluding carboxylic acids is 1. The van der Waals surface area contributed by atoms with Gasteiger partial charge in [-0.15, -0.1) is 0 Å². The van der Waals surface area contributed by atoms with Gasteiger partial charge in [0, 0.05) is 39.8 Å². The predicted molar refractivity (Wildman–Crippen MR) is 82.7 cm³/mol. The van der Waals surface area contributed by atoms with Gasteiger partial charge in [0.1, 0.15) is 0 Å². The molecule has 2 rings (SSSR count). The van der Waals surface area contributed by atoms with Crippen LogP contribution in [0.2, 0.25) is 0 Å². The van der Waals surface area contributed by atoms with E-state index in [0.717, 1.165) is 38.3 Å². The van der Waals surface area contributed by atoms with Crippen LogP contribution in [0.25, 0.3) is 0 Å². The van der Waals surface area contributed by atoms with Gasteiger partial charge in [-0.25, -0.2) is 5.06 Å². The molecule has 1 fully saturated rings. The summed E-state index contributed by atoms with van der Waals surface area (Å²) in [5.41, 5.74) is 1.85. The standard InChI is InChI=1S/C16H22N4O2/c1-18(22-2)16(21)13-20-8-6-19(7-9-20)12-15-5-3-4-14(10-15)11-17/h3-5,10H,6-9,12-13H2,1-2H3. The summed E-state index contributed by atoms with van der Waals surface area (Å²) in [7, 11) is 3.12. The summed E-state index contributed by atoms with van der Waals surface area (Å²) in [5, 5.41) is 10.2. The van der Waals surface area contributed by atoms with Crippen LogP contribution in [-0.2, 0) is 16.2 Å². The van der Waals surface area contributed by atoms with E-state index in [1.807, 2.05) is 24.3 Å². The smallest absolute Gasteiger partial charge is 0.259 e. The summed E-state index contributed by atoms with van der Waals surface area (Å²) >= 11 is 0. The van der Waals surface area contributed by atoms with Crippen molar-refractivity contribution in [1.82, 2.24) is 14.9 Å². The molecule has 0 aromatic heterocycles. The van der Waals surface area contributed by atoms with Crippen molar-refractivity contribution in [3.05, 3.63) is 35.4 Å². The molecule has 0 radical (unpaired) electrons. The van der Waals surface area contributed by atoms with Crippen molar-refractivity contribution in [1.29, 1.82) is 5.26 Å². The molecule has 0 spiro atoms. The molecule has 1 saturated heterocycles. The molecule has 1 aromatic rings. The molecule has 1 aromatic carbocycles. The van der Waals surface area contributed by atoms with E-state index >= 15 is 0 Å². The highest BCUT2D eigenvalue weighted by Gasteiger charge is 2.20. The lowest BCUT2D eigenvalue weighted by Gasteiger charge is -2.34. The second-order valence-electron chi connectivity index (χ2n) is 5.44. The summed E-state index contributed by atoms with van der Waals surface area (Å²) < 4.78 is 0. The van der Waals surface area contributed by atoms with Crippen LogP contribution in [0.1, 0.15) is 11.1 Å². The zero-order chi connectivity index (χ0) is 15.9. The third-order valence-electron chi connectivity index (χ3n) is 3.91. The van der Waals surface area contributed by atoms with Gasteiger partial charge in [0.2, 0.25) is 0 Å². The van der Waals surface area contributed by atoms with Crippen LogP contribution >= 0.6 is 0 Å². The second kappa shape index (κ2) is 7.90. The molecule has 0 aliphatic carbocycles. The molecule has 0 unspecified atom stereocenters. The van der Waals surface area contributed by atoms with E-state index in [1.165, 1.54) is 12.2 Å². The monoisotopic (exact) mass is 302 g/mol. The van der Waals surface area contributed by atoms with Crippen molar-refractivity contribution in [2.45, 2.75) is 6.54 Å². The van der Waals surface area contributed by atoms with Crippen LogP contribution in [0.4, 0.5) is 0 Å². The number of likely N-dealkylation sites (N-methyl/N-ethyl adjacent to an activating group) is 1. The molecule has 118 valence electrons. The Morgan fingerprint density at radius 3 is 2.64 bits per heavy atom. The van der Waals surface area contributed by atoms with Crippen LogP contribution in [0, 0.1) is 11.3 Å². The van der Waals surface area contributed by atoms with Crippen LogP contribution in [0.3, 0.4) is 0 Å². The molecule has 1 aliphatic rings. The van der Waals surface area contributed by atoms with Gasteiger partial charge in [-0.3, -0.25) is 19.4 Å². The van der Waals surface area contributed by atoms with E-state index in [1.54, 1.807) is 7.05 Å². The molecule has 6 nitrogen and oxygen atoms in total. The fourth-order valence-electron chi connectivity index (χ4n) is 2.50. The molecule has 0 atom stereocenters. The lowest BCUT2D eigenvalue weighted by Crippen LogP contribution is -2.49. The quantitative estimate of drug-likeness (QED) is 0.749.